The molecule has 0 radical (unpaired) electrons. The van der Waals surface area contributed by atoms with Crippen molar-refractivity contribution in [3.8, 4) is 11.5 Å². The minimum atomic E-state index is 0.0321. The standard InChI is InChI=1S/C13H17NO4/c1-16-7-6-14-13(15)5-3-10-2-4-11-12(8-10)18-9-17-11/h2,4,8H,3,5-7,9H2,1H3,(H,14,15). The second-order valence-electron chi connectivity index (χ2n) is 4.03. The van der Waals surface area contributed by atoms with Gasteiger partial charge in [0.2, 0.25) is 12.7 Å². The van der Waals surface area contributed by atoms with Gasteiger partial charge in [0.05, 0.1) is 6.61 Å². The maximum atomic E-state index is 11.5. The Hall–Kier alpha value is -1.75. The summed E-state index contributed by atoms with van der Waals surface area (Å²) in [7, 11) is 1.61. The Morgan fingerprint density at radius 1 is 1.39 bits per heavy atom. The number of amides is 1. The molecule has 98 valence electrons. The van der Waals surface area contributed by atoms with Crippen molar-refractivity contribution in [2.75, 3.05) is 27.1 Å². The highest BCUT2D eigenvalue weighted by molar-refractivity contribution is 5.76. The van der Waals surface area contributed by atoms with Gasteiger partial charge in [-0.25, -0.2) is 0 Å². The van der Waals surface area contributed by atoms with Gasteiger partial charge in [-0.05, 0) is 24.1 Å². The number of benzene rings is 1. The minimum Gasteiger partial charge on any atom is -0.454 e. The molecule has 0 saturated heterocycles. The van der Waals surface area contributed by atoms with E-state index in [1.165, 1.54) is 0 Å². The lowest BCUT2D eigenvalue weighted by molar-refractivity contribution is -0.121. The number of hydrogen-bond donors (Lipinski definition) is 1. The van der Waals surface area contributed by atoms with Crippen LogP contribution in [0.5, 0.6) is 11.5 Å². The predicted molar refractivity (Wildman–Crippen MR) is 65.8 cm³/mol. The van der Waals surface area contributed by atoms with Crippen LogP contribution >= 0.6 is 0 Å². The van der Waals surface area contributed by atoms with Gasteiger partial charge in [0.25, 0.3) is 0 Å². The zero-order valence-electron chi connectivity index (χ0n) is 10.4. The van der Waals surface area contributed by atoms with Crippen LogP contribution in [0.4, 0.5) is 0 Å². The second-order valence-corrected chi connectivity index (χ2v) is 4.03. The number of nitrogens with one attached hydrogen (secondary N) is 1. The first-order valence-corrected chi connectivity index (χ1v) is 5.94. The lowest BCUT2D eigenvalue weighted by Gasteiger charge is -2.05. The first kappa shape index (κ1) is 12.7. The molecule has 5 heteroatoms. The topological polar surface area (TPSA) is 56.8 Å². The maximum absolute atomic E-state index is 11.5. The SMILES string of the molecule is COCCNC(=O)CCc1ccc2c(c1)OCO2. The molecule has 0 saturated carbocycles. The smallest absolute Gasteiger partial charge is 0.231 e. The molecule has 1 amide bonds. The van der Waals surface area contributed by atoms with Crippen LogP contribution in [0.3, 0.4) is 0 Å². The molecular formula is C13H17NO4. The van der Waals surface area contributed by atoms with E-state index in [-0.39, 0.29) is 12.7 Å². The Morgan fingerprint density at radius 3 is 3.06 bits per heavy atom. The van der Waals surface area contributed by atoms with E-state index in [0.29, 0.717) is 26.0 Å². The summed E-state index contributed by atoms with van der Waals surface area (Å²) in [5.74, 6) is 1.56. The lowest BCUT2D eigenvalue weighted by atomic mass is 10.1. The van der Waals surface area contributed by atoms with Crippen LogP contribution in [0.25, 0.3) is 0 Å². The second kappa shape index (κ2) is 6.26. The van der Waals surface area contributed by atoms with Crippen LogP contribution in [0, 0.1) is 0 Å². The van der Waals surface area contributed by atoms with Gasteiger partial charge < -0.3 is 19.5 Å². The summed E-state index contributed by atoms with van der Waals surface area (Å²) in [6.45, 7) is 1.36. The van der Waals surface area contributed by atoms with Crippen LogP contribution < -0.4 is 14.8 Å². The molecule has 1 aliphatic heterocycles. The molecule has 0 bridgehead atoms. The monoisotopic (exact) mass is 251 g/mol. The van der Waals surface area contributed by atoms with Gasteiger partial charge in [-0.1, -0.05) is 6.07 Å². The zero-order chi connectivity index (χ0) is 12.8. The van der Waals surface area contributed by atoms with Crippen molar-refractivity contribution in [2.24, 2.45) is 0 Å². The number of hydrogen-bond acceptors (Lipinski definition) is 4. The van der Waals surface area contributed by atoms with E-state index in [4.69, 9.17) is 14.2 Å². The predicted octanol–water partition coefficient (Wildman–Crippen LogP) is 1.11. The number of aryl methyl sites for hydroxylation is 1. The van der Waals surface area contributed by atoms with E-state index in [9.17, 15) is 4.79 Å². The number of rotatable bonds is 6. The molecule has 0 aromatic heterocycles. The number of methoxy groups -OCH3 is 1. The van der Waals surface area contributed by atoms with Crippen LogP contribution in [-0.4, -0.2) is 33.0 Å². The molecular weight excluding hydrogens is 234 g/mol. The van der Waals surface area contributed by atoms with Crippen LogP contribution in [0.15, 0.2) is 18.2 Å². The molecule has 0 aliphatic carbocycles. The van der Waals surface area contributed by atoms with Crippen molar-refractivity contribution in [3.05, 3.63) is 23.8 Å². The van der Waals surface area contributed by atoms with E-state index in [1.54, 1.807) is 7.11 Å². The molecule has 2 rings (SSSR count). The van der Waals surface area contributed by atoms with Crippen molar-refractivity contribution < 1.29 is 19.0 Å². The summed E-state index contributed by atoms with van der Waals surface area (Å²) in [5, 5.41) is 2.79. The van der Waals surface area contributed by atoms with E-state index < -0.39 is 0 Å². The summed E-state index contributed by atoms with van der Waals surface area (Å²) in [5.41, 5.74) is 1.07. The van der Waals surface area contributed by atoms with E-state index >= 15 is 0 Å². The average molecular weight is 251 g/mol. The summed E-state index contributed by atoms with van der Waals surface area (Å²) < 4.78 is 15.4. The zero-order valence-corrected chi connectivity index (χ0v) is 10.4. The summed E-state index contributed by atoms with van der Waals surface area (Å²) in [4.78, 5) is 11.5. The number of carbonyl (C=O) groups excluding carboxylic acids is 1. The van der Waals surface area contributed by atoms with Crippen molar-refractivity contribution in [2.45, 2.75) is 12.8 Å². The van der Waals surface area contributed by atoms with Crippen molar-refractivity contribution in [3.63, 3.8) is 0 Å². The van der Waals surface area contributed by atoms with Crippen molar-refractivity contribution >= 4 is 5.91 Å². The van der Waals surface area contributed by atoms with Gasteiger partial charge >= 0.3 is 0 Å². The molecule has 1 N–H and O–H groups in total. The van der Waals surface area contributed by atoms with E-state index in [2.05, 4.69) is 5.32 Å². The highest BCUT2D eigenvalue weighted by atomic mass is 16.7. The Labute approximate surface area is 106 Å². The Kier molecular flexibility index (Phi) is 4.41. The number of carbonyl (C=O) groups is 1. The van der Waals surface area contributed by atoms with Gasteiger partial charge in [0.1, 0.15) is 0 Å². The molecule has 0 atom stereocenters. The highest BCUT2D eigenvalue weighted by Gasteiger charge is 2.13. The first-order valence-electron chi connectivity index (χ1n) is 5.94. The molecule has 5 nitrogen and oxygen atoms in total. The third-order valence-corrected chi connectivity index (χ3v) is 2.71. The Bertz CT molecular complexity index is 419. The largest absolute Gasteiger partial charge is 0.454 e. The molecule has 0 unspecified atom stereocenters. The molecule has 18 heavy (non-hydrogen) atoms. The lowest BCUT2D eigenvalue weighted by Crippen LogP contribution is -2.27. The Morgan fingerprint density at radius 2 is 2.22 bits per heavy atom. The van der Waals surface area contributed by atoms with Gasteiger partial charge in [-0.2, -0.15) is 0 Å². The molecule has 0 fully saturated rings. The van der Waals surface area contributed by atoms with Gasteiger partial charge in [-0.15, -0.1) is 0 Å². The quantitative estimate of drug-likeness (QED) is 0.769. The molecule has 1 aromatic rings. The maximum Gasteiger partial charge on any atom is 0.231 e. The summed E-state index contributed by atoms with van der Waals surface area (Å²) in [6, 6.07) is 5.75. The van der Waals surface area contributed by atoms with Crippen molar-refractivity contribution in [1.29, 1.82) is 0 Å². The summed E-state index contributed by atoms with van der Waals surface area (Å²) >= 11 is 0. The van der Waals surface area contributed by atoms with E-state index in [1.807, 2.05) is 18.2 Å². The van der Waals surface area contributed by atoms with Crippen LogP contribution in [-0.2, 0) is 16.0 Å². The van der Waals surface area contributed by atoms with Gasteiger partial charge in [0, 0.05) is 20.1 Å². The number of ether oxygens (including phenoxy) is 3. The van der Waals surface area contributed by atoms with E-state index in [0.717, 1.165) is 17.1 Å². The normalized spacial score (nSPS) is 12.5. The molecule has 1 heterocycles. The summed E-state index contributed by atoms with van der Waals surface area (Å²) in [6.07, 6.45) is 1.15. The molecule has 1 aliphatic rings. The molecule has 1 aromatic carbocycles. The molecule has 0 spiro atoms. The third-order valence-electron chi connectivity index (χ3n) is 2.71. The highest BCUT2D eigenvalue weighted by Crippen LogP contribution is 2.32. The fourth-order valence-electron chi connectivity index (χ4n) is 1.74. The third kappa shape index (κ3) is 3.37. The Balaban J connectivity index is 1.78. The van der Waals surface area contributed by atoms with Crippen LogP contribution in [0.2, 0.25) is 0 Å². The first-order chi connectivity index (χ1) is 8.79. The van der Waals surface area contributed by atoms with Gasteiger partial charge in [0.15, 0.2) is 11.5 Å². The van der Waals surface area contributed by atoms with Gasteiger partial charge in [-0.3, -0.25) is 4.79 Å². The van der Waals surface area contributed by atoms with Crippen LogP contribution in [0.1, 0.15) is 12.0 Å². The average Bonchev–Trinajstić information content (AvgIpc) is 2.84. The fraction of sp³-hybridized carbons (Fsp3) is 0.462. The fourth-order valence-corrected chi connectivity index (χ4v) is 1.74. The minimum absolute atomic E-state index is 0.0321. The van der Waals surface area contributed by atoms with Crippen molar-refractivity contribution in [1.82, 2.24) is 5.32 Å². The number of fused-ring (bicyclic) bond motifs is 1.